The molecule has 1 aliphatic rings. The van der Waals surface area contributed by atoms with Gasteiger partial charge in [-0.3, -0.25) is 14.5 Å². The Labute approximate surface area is 193 Å². The second-order valence-electron chi connectivity index (χ2n) is 6.71. The minimum absolute atomic E-state index is 0.137. The number of imide groups is 1. The van der Waals surface area contributed by atoms with Crippen molar-refractivity contribution >= 4 is 56.5 Å². The third kappa shape index (κ3) is 4.85. The minimum atomic E-state index is -0.274. The van der Waals surface area contributed by atoms with Gasteiger partial charge in [-0.05, 0) is 54.9 Å². The normalized spacial score (nSPS) is 16.3. The fourth-order valence-electron chi connectivity index (χ4n) is 2.89. The van der Waals surface area contributed by atoms with Crippen molar-refractivity contribution in [2.24, 2.45) is 0 Å². The van der Waals surface area contributed by atoms with Crippen LogP contribution in [0.25, 0.3) is 6.08 Å². The van der Waals surface area contributed by atoms with E-state index < -0.39 is 0 Å². The van der Waals surface area contributed by atoms with Crippen LogP contribution in [0.15, 0.2) is 45.8 Å². The van der Waals surface area contributed by atoms with Crippen molar-refractivity contribution in [3.63, 3.8) is 0 Å². The number of hydrogen-bond acceptors (Lipinski definition) is 5. The first-order valence-corrected chi connectivity index (χ1v) is 11.3. The van der Waals surface area contributed by atoms with Crippen LogP contribution in [0.5, 0.6) is 11.5 Å². The molecule has 1 aliphatic heterocycles. The van der Waals surface area contributed by atoms with E-state index in [4.69, 9.17) is 21.1 Å². The number of halogens is 2. The summed E-state index contributed by atoms with van der Waals surface area (Å²) in [6.07, 6.45) is 2.40. The van der Waals surface area contributed by atoms with Gasteiger partial charge >= 0.3 is 0 Å². The van der Waals surface area contributed by atoms with E-state index in [-0.39, 0.29) is 23.8 Å². The smallest absolute Gasteiger partial charge is 0.293 e. The van der Waals surface area contributed by atoms with Crippen LogP contribution in [0.1, 0.15) is 31.4 Å². The lowest BCUT2D eigenvalue weighted by molar-refractivity contribution is -0.124. The first kappa shape index (κ1) is 22.7. The molecule has 0 N–H and O–H groups in total. The van der Waals surface area contributed by atoms with Crippen molar-refractivity contribution in [1.82, 2.24) is 4.90 Å². The minimum Gasteiger partial charge on any atom is -0.493 e. The zero-order chi connectivity index (χ0) is 21.8. The first-order valence-electron chi connectivity index (χ1n) is 9.36. The van der Waals surface area contributed by atoms with Gasteiger partial charge in [0.15, 0.2) is 11.5 Å². The lowest BCUT2D eigenvalue weighted by Crippen LogP contribution is -2.36. The molecule has 3 rings (SSSR count). The quantitative estimate of drug-likeness (QED) is 0.397. The molecule has 8 heteroatoms. The Morgan fingerprint density at radius 2 is 1.97 bits per heavy atom. The SMILES string of the molecule is CC[C@H](C)N1C(=O)S/C(=C/c2cc(OC)c(OCc3ccccc3Cl)cc2Br)C1=O. The number of carbonyl (C=O) groups excluding carboxylic acids is 2. The van der Waals surface area contributed by atoms with E-state index in [1.807, 2.05) is 38.1 Å². The number of ether oxygens (including phenoxy) is 2. The fourth-order valence-corrected chi connectivity index (χ4v) is 4.44. The number of amides is 2. The van der Waals surface area contributed by atoms with Crippen LogP contribution in [0.2, 0.25) is 5.02 Å². The maximum absolute atomic E-state index is 12.7. The summed E-state index contributed by atoms with van der Waals surface area (Å²) in [6, 6.07) is 10.9. The van der Waals surface area contributed by atoms with Gasteiger partial charge in [0.2, 0.25) is 0 Å². The molecule has 1 fully saturated rings. The highest BCUT2D eigenvalue weighted by molar-refractivity contribution is 9.10. The van der Waals surface area contributed by atoms with Crippen molar-refractivity contribution in [3.05, 3.63) is 61.9 Å². The van der Waals surface area contributed by atoms with Crippen LogP contribution in [-0.4, -0.2) is 29.2 Å². The Morgan fingerprint density at radius 3 is 2.63 bits per heavy atom. The molecule has 0 bridgehead atoms. The molecule has 0 aliphatic carbocycles. The summed E-state index contributed by atoms with van der Waals surface area (Å²) in [5, 5.41) is 0.382. The molecular formula is C22H21BrClNO4S. The third-order valence-electron chi connectivity index (χ3n) is 4.77. The van der Waals surface area contributed by atoms with E-state index >= 15 is 0 Å². The van der Waals surface area contributed by atoms with Crippen molar-refractivity contribution in [2.45, 2.75) is 32.9 Å². The Kier molecular flexibility index (Phi) is 7.50. The topological polar surface area (TPSA) is 55.8 Å². The van der Waals surface area contributed by atoms with E-state index in [0.717, 1.165) is 17.3 Å². The summed E-state index contributed by atoms with van der Waals surface area (Å²) >= 11 is 10.7. The number of benzene rings is 2. The lowest BCUT2D eigenvalue weighted by Gasteiger charge is -2.19. The average Bonchev–Trinajstić information content (AvgIpc) is 3.01. The maximum Gasteiger partial charge on any atom is 0.293 e. The first-order chi connectivity index (χ1) is 14.3. The molecule has 30 heavy (non-hydrogen) atoms. The highest BCUT2D eigenvalue weighted by atomic mass is 79.9. The molecule has 2 amide bonds. The average molecular weight is 511 g/mol. The van der Waals surface area contributed by atoms with Crippen LogP contribution >= 0.6 is 39.3 Å². The molecule has 5 nitrogen and oxygen atoms in total. The van der Waals surface area contributed by atoms with Gasteiger partial charge in [-0.15, -0.1) is 0 Å². The molecule has 1 heterocycles. The number of carbonyl (C=O) groups is 2. The molecule has 2 aromatic carbocycles. The summed E-state index contributed by atoms with van der Waals surface area (Å²) < 4.78 is 12.1. The number of rotatable bonds is 7. The van der Waals surface area contributed by atoms with Crippen molar-refractivity contribution in [3.8, 4) is 11.5 Å². The van der Waals surface area contributed by atoms with Gasteiger partial charge in [-0.1, -0.05) is 52.7 Å². The van der Waals surface area contributed by atoms with E-state index in [0.29, 0.717) is 37.9 Å². The summed E-state index contributed by atoms with van der Waals surface area (Å²) in [5.74, 6) is 0.774. The van der Waals surface area contributed by atoms with Crippen molar-refractivity contribution in [1.29, 1.82) is 0 Å². The van der Waals surface area contributed by atoms with Gasteiger partial charge in [0.05, 0.1) is 12.0 Å². The predicted octanol–water partition coefficient (Wildman–Crippen LogP) is 6.52. The van der Waals surface area contributed by atoms with Gasteiger partial charge in [0.25, 0.3) is 11.1 Å². The van der Waals surface area contributed by atoms with Gasteiger partial charge < -0.3 is 9.47 Å². The van der Waals surface area contributed by atoms with Crippen LogP contribution in [0, 0.1) is 0 Å². The molecule has 1 atom stereocenters. The molecule has 0 aromatic heterocycles. The molecule has 0 unspecified atom stereocenters. The molecule has 0 saturated carbocycles. The molecule has 158 valence electrons. The summed E-state index contributed by atoms with van der Waals surface area (Å²) in [5.41, 5.74) is 1.58. The third-order valence-corrected chi connectivity index (χ3v) is 6.70. The molecule has 1 saturated heterocycles. The predicted molar refractivity (Wildman–Crippen MR) is 124 cm³/mol. The molecule has 2 aromatic rings. The Hall–Kier alpha value is -1.96. The van der Waals surface area contributed by atoms with E-state index in [1.54, 1.807) is 25.3 Å². The van der Waals surface area contributed by atoms with Crippen molar-refractivity contribution in [2.75, 3.05) is 7.11 Å². The fraction of sp³-hybridized carbons (Fsp3) is 0.273. The number of methoxy groups -OCH3 is 1. The highest BCUT2D eigenvalue weighted by Crippen LogP contribution is 2.39. The summed E-state index contributed by atoms with van der Waals surface area (Å²) in [7, 11) is 1.55. The van der Waals surface area contributed by atoms with Gasteiger partial charge in [0.1, 0.15) is 6.61 Å². The Balaban J connectivity index is 1.85. The molecule has 0 spiro atoms. The van der Waals surface area contributed by atoms with Crippen molar-refractivity contribution < 1.29 is 19.1 Å². The summed E-state index contributed by atoms with van der Waals surface area (Å²) in [4.78, 5) is 26.6. The zero-order valence-corrected chi connectivity index (χ0v) is 19.9. The second kappa shape index (κ2) is 9.90. The van der Waals surface area contributed by atoms with Crippen LogP contribution < -0.4 is 9.47 Å². The van der Waals surface area contributed by atoms with E-state index in [1.165, 1.54) is 4.90 Å². The largest absolute Gasteiger partial charge is 0.493 e. The molecular weight excluding hydrogens is 490 g/mol. The zero-order valence-electron chi connectivity index (χ0n) is 16.8. The van der Waals surface area contributed by atoms with E-state index in [9.17, 15) is 9.59 Å². The van der Waals surface area contributed by atoms with Gasteiger partial charge in [-0.25, -0.2) is 0 Å². The maximum atomic E-state index is 12.7. The van der Waals surface area contributed by atoms with Crippen LogP contribution in [0.4, 0.5) is 4.79 Å². The number of nitrogens with zero attached hydrogens (tertiary/aromatic N) is 1. The van der Waals surface area contributed by atoms with E-state index in [2.05, 4.69) is 15.9 Å². The Bertz CT molecular complexity index is 1010. The standard InChI is InChI=1S/C22H21BrClNO4S/c1-4-13(2)25-21(26)20(30-22(25)27)10-15-9-18(28-3)19(11-16(15)23)29-12-14-7-5-6-8-17(14)24/h5-11,13H,4,12H2,1-3H3/b20-10+/t13-/m0/s1. The monoisotopic (exact) mass is 509 g/mol. The van der Waals surface area contributed by atoms with Gasteiger partial charge in [-0.2, -0.15) is 0 Å². The lowest BCUT2D eigenvalue weighted by atomic mass is 10.1. The second-order valence-corrected chi connectivity index (χ2v) is 8.97. The Morgan fingerprint density at radius 1 is 1.23 bits per heavy atom. The van der Waals surface area contributed by atoms with Crippen LogP contribution in [-0.2, 0) is 11.4 Å². The molecule has 0 radical (unpaired) electrons. The van der Waals surface area contributed by atoms with Crippen LogP contribution in [0.3, 0.4) is 0 Å². The number of hydrogen-bond donors (Lipinski definition) is 0. The summed E-state index contributed by atoms with van der Waals surface area (Å²) in [6.45, 7) is 4.10. The number of thioether (sulfide) groups is 1. The highest BCUT2D eigenvalue weighted by Gasteiger charge is 2.37. The van der Waals surface area contributed by atoms with Gasteiger partial charge in [0, 0.05) is 21.1 Å².